The van der Waals surface area contributed by atoms with Gasteiger partial charge in [0.1, 0.15) is 0 Å². The number of nitrogens with one attached hydrogen (secondary N) is 1. The van der Waals surface area contributed by atoms with Gasteiger partial charge in [-0.15, -0.1) is 0 Å². The lowest BCUT2D eigenvalue weighted by atomic mass is 9.97. The highest BCUT2D eigenvalue weighted by atomic mass is 15.2. The molecule has 0 aliphatic carbocycles. The van der Waals surface area contributed by atoms with E-state index in [1.54, 1.807) is 0 Å². The summed E-state index contributed by atoms with van der Waals surface area (Å²) in [6.45, 7) is 9.37. The van der Waals surface area contributed by atoms with Crippen molar-refractivity contribution < 1.29 is 0 Å². The van der Waals surface area contributed by atoms with E-state index in [9.17, 15) is 0 Å². The first kappa shape index (κ1) is 14.5. The topological polar surface area (TPSA) is 28.2 Å². The van der Waals surface area contributed by atoms with Crippen LogP contribution >= 0.6 is 0 Å². The van der Waals surface area contributed by atoms with Crippen molar-refractivity contribution in [3.8, 4) is 0 Å². The Bertz CT molecular complexity index is 346. The lowest BCUT2D eigenvalue weighted by Crippen LogP contribution is -2.39. The number of rotatable bonds is 6. The molecule has 1 aliphatic rings. The Morgan fingerprint density at radius 3 is 2.84 bits per heavy atom. The molecule has 106 valence electrons. The molecule has 2 rings (SSSR count). The zero-order chi connectivity index (χ0) is 13.5. The maximum Gasteiger partial charge on any atom is 0.0321 e. The quantitative estimate of drug-likeness (QED) is 0.853. The molecule has 1 aromatic heterocycles. The lowest BCUT2D eigenvalue weighted by Gasteiger charge is -2.34. The molecule has 3 heteroatoms. The highest BCUT2D eigenvalue weighted by Crippen LogP contribution is 2.22. The summed E-state index contributed by atoms with van der Waals surface area (Å²) in [4.78, 5) is 6.75. The molecule has 0 saturated carbocycles. The van der Waals surface area contributed by atoms with E-state index in [0.717, 1.165) is 5.92 Å². The summed E-state index contributed by atoms with van der Waals surface area (Å²) < 4.78 is 0. The number of pyridine rings is 1. The van der Waals surface area contributed by atoms with Crippen LogP contribution in [0, 0.1) is 5.92 Å². The van der Waals surface area contributed by atoms with Gasteiger partial charge in [0.15, 0.2) is 0 Å². The van der Waals surface area contributed by atoms with Gasteiger partial charge in [-0.25, -0.2) is 0 Å². The van der Waals surface area contributed by atoms with Crippen molar-refractivity contribution in [1.82, 2.24) is 15.2 Å². The van der Waals surface area contributed by atoms with Crippen molar-refractivity contribution >= 4 is 0 Å². The minimum absolute atomic E-state index is 0.491. The monoisotopic (exact) mass is 261 g/mol. The Morgan fingerprint density at radius 2 is 2.21 bits per heavy atom. The minimum Gasteiger partial charge on any atom is -0.316 e. The van der Waals surface area contributed by atoms with Gasteiger partial charge in [-0.1, -0.05) is 6.92 Å². The number of hydrogen-bond donors (Lipinski definition) is 1. The van der Waals surface area contributed by atoms with E-state index in [4.69, 9.17) is 0 Å². The molecule has 1 aliphatic heterocycles. The molecule has 19 heavy (non-hydrogen) atoms. The fourth-order valence-corrected chi connectivity index (χ4v) is 2.99. The van der Waals surface area contributed by atoms with Gasteiger partial charge in [-0.2, -0.15) is 0 Å². The van der Waals surface area contributed by atoms with E-state index >= 15 is 0 Å². The molecule has 2 heterocycles. The highest BCUT2D eigenvalue weighted by molar-refractivity contribution is 5.14. The predicted molar refractivity (Wildman–Crippen MR) is 80.1 cm³/mol. The van der Waals surface area contributed by atoms with Crippen molar-refractivity contribution in [3.05, 3.63) is 30.1 Å². The van der Waals surface area contributed by atoms with Crippen LogP contribution < -0.4 is 5.32 Å². The fourth-order valence-electron chi connectivity index (χ4n) is 2.99. The maximum absolute atomic E-state index is 4.12. The summed E-state index contributed by atoms with van der Waals surface area (Å²) in [5, 5.41) is 3.52. The first-order valence-electron chi connectivity index (χ1n) is 7.66. The minimum atomic E-state index is 0.491. The Kier molecular flexibility index (Phi) is 5.80. The van der Waals surface area contributed by atoms with Crippen LogP contribution in [0.4, 0.5) is 0 Å². The number of nitrogens with zero attached hydrogens (tertiary/aromatic N) is 2. The second kappa shape index (κ2) is 7.61. The van der Waals surface area contributed by atoms with Crippen LogP contribution in [0.15, 0.2) is 24.5 Å². The first-order chi connectivity index (χ1) is 9.31. The van der Waals surface area contributed by atoms with E-state index in [1.165, 1.54) is 51.0 Å². The standard InChI is InChI=1S/C16H27N3/c1-3-11-19(13-15-5-4-8-18-12-15)14(2)16-6-9-17-10-7-16/h6-7,9-10,14-15,18H,3-5,8,11-13H2,1-2H3. The van der Waals surface area contributed by atoms with Crippen molar-refractivity contribution in [2.45, 2.75) is 39.2 Å². The lowest BCUT2D eigenvalue weighted by molar-refractivity contribution is 0.163. The number of piperidine rings is 1. The fraction of sp³-hybridized carbons (Fsp3) is 0.688. The molecule has 0 spiro atoms. The molecular weight excluding hydrogens is 234 g/mol. The molecule has 0 bridgehead atoms. The van der Waals surface area contributed by atoms with E-state index in [2.05, 4.69) is 41.2 Å². The molecule has 1 fully saturated rings. The van der Waals surface area contributed by atoms with Gasteiger partial charge in [0.2, 0.25) is 0 Å². The van der Waals surface area contributed by atoms with Gasteiger partial charge in [0.25, 0.3) is 0 Å². The molecule has 1 saturated heterocycles. The van der Waals surface area contributed by atoms with Gasteiger partial charge in [-0.3, -0.25) is 9.88 Å². The largest absolute Gasteiger partial charge is 0.316 e. The van der Waals surface area contributed by atoms with Crippen molar-refractivity contribution in [1.29, 1.82) is 0 Å². The number of aromatic nitrogens is 1. The predicted octanol–water partition coefficient (Wildman–Crippen LogP) is 2.85. The first-order valence-corrected chi connectivity index (χ1v) is 7.66. The molecular formula is C16H27N3. The zero-order valence-corrected chi connectivity index (χ0v) is 12.3. The van der Waals surface area contributed by atoms with Gasteiger partial charge >= 0.3 is 0 Å². The summed E-state index contributed by atoms with van der Waals surface area (Å²) in [6, 6.07) is 4.78. The Balaban J connectivity index is 1.97. The van der Waals surface area contributed by atoms with E-state index in [0.29, 0.717) is 6.04 Å². The van der Waals surface area contributed by atoms with Crippen LogP contribution in [0.3, 0.4) is 0 Å². The molecule has 0 radical (unpaired) electrons. The molecule has 0 amide bonds. The summed E-state index contributed by atoms with van der Waals surface area (Å²) in [6.07, 6.45) is 7.72. The molecule has 1 N–H and O–H groups in total. The van der Waals surface area contributed by atoms with Crippen molar-refractivity contribution in [2.24, 2.45) is 5.92 Å². The van der Waals surface area contributed by atoms with Gasteiger partial charge in [-0.05, 0) is 69.4 Å². The van der Waals surface area contributed by atoms with E-state index < -0.39 is 0 Å². The van der Waals surface area contributed by atoms with Crippen molar-refractivity contribution in [3.63, 3.8) is 0 Å². The van der Waals surface area contributed by atoms with Gasteiger partial charge in [0.05, 0.1) is 0 Å². The van der Waals surface area contributed by atoms with Crippen LogP contribution in [0.5, 0.6) is 0 Å². The molecule has 3 nitrogen and oxygen atoms in total. The third kappa shape index (κ3) is 4.29. The van der Waals surface area contributed by atoms with Crippen LogP contribution in [-0.2, 0) is 0 Å². The number of hydrogen-bond acceptors (Lipinski definition) is 3. The normalized spacial score (nSPS) is 21.5. The summed E-state index contributed by atoms with van der Waals surface area (Å²) >= 11 is 0. The molecule has 0 aromatic carbocycles. The zero-order valence-electron chi connectivity index (χ0n) is 12.3. The second-order valence-corrected chi connectivity index (χ2v) is 5.66. The average molecular weight is 261 g/mol. The Morgan fingerprint density at radius 1 is 1.42 bits per heavy atom. The second-order valence-electron chi connectivity index (χ2n) is 5.66. The summed E-state index contributed by atoms with van der Waals surface area (Å²) in [5.74, 6) is 0.810. The van der Waals surface area contributed by atoms with Gasteiger partial charge < -0.3 is 5.32 Å². The molecule has 2 unspecified atom stereocenters. The Labute approximate surface area is 117 Å². The van der Waals surface area contributed by atoms with E-state index in [-0.39, 0.29) is 0 Å². The Hall–Kier alpha value is -0.930. The smallest absolute Gasteiger partial charge is 0.0321 e. The molecule has 1 aromatic rings. The molecule has 2 atom stereocenters. The maximum atomic E-state index is 4.12. The average Bonchev–Trinajstić information content (AvgIpc) is 2.48. The van der Waals surface area contributed by atoms with Crippen LogP contribution in [-0.4, -0.2) is 36.1 Å². The summed E-state index contributed by atoms with van der Waals surface area (Å²) in [5.41, 5.74) is 1.38. The van der Waals surface area contributed by atoms with Crippen LogP contribution in [0.25, 0.3) is 0 Å². The van der Waals surface area contributed by atoms with Gasteiger partial charge in [0, 0.05) is 25.0 Å². The van der Waals surface area contributed by atoms with E-state index in [1.807, 2.05) is 12.4 Å². The third-order valence-corrected chi connectivity index (χ3v) is 4.14. The van der Waals surface area contributed by atoms with Crippen molar-refractivity contribution in [2.75, 3.05) is 26.2 Å². The highest BCUT2D eigenvalue weighted by Gasteiger charge is 2.21. The SMILES string of the molecule is CCCN(CC1CCCNC1)C(C)c1ccncc1. The van der Waals surface area contributed by atoms with Crippen LogP contribution in [0.2, 0.25) is 0 Å². The van der Waals surface area contributed by atoms with Crippen LogP contribution in [0.1, 0.15) is 44.7 Å². The third-order valence-electron chi connectivity index (χ3n) is 4.14. The summed E-state index contributed by atoms with van der Waals surface area (Å²) in [7, 11) is 0.